The van der Waals surface area contributed by atoms with Crippen LogP contribution in [0.1, 0.15) is 32.1 Å². The fraction of sp³-hybridized carbons (Fsp3) is 0.571. The molecule has 5 heteroatoms. The molecular formula is C14H20FNO2S. The van der Waals surface area contributed by atoms with E-state index in [-0.39, 0.29) is 16.8 Å². The van der Waals surface area contributed by atoms with Gasteiger partial charge in [-0.25, -0.2) is 12.8 Å². The molecule has 1 aliphatic rings. The Morgan fingerprint density at radius 2 is 1.95 bits per heavy atom. The van der Waals surface area contributed by atoms with Crippen molar-refractivity contribution >= 4 is 15.5 Å². The van der Waals surface area contributed by atoms with Gasteiger partial charge in [0.25, 0.3) is 0 Å². The predicted octanol–water partition coefficient (Wildman–Crippen LogP) is 2.99. The third-order valence-corrected chi connectivity index (χ3v) is 5.86. The number of benzene rings is 1. The monoisotopic (exact) mass is 285 g/mol. The Morgan fingerprint density at radius 1 is 1.21 bits per heavy atom. The Labute approximate surface area is 114 Å². The maximum absolute atomic E-state index is 13.0. The SMILES string of the molecule is O=S(=O)(CCNc1cccc(F)c1)C1CCCCC1. The molecule has 0 unspecified atom stereocenters. The van der Waals surface area contributed by atoms with Gasteiger partial charge in [0.05, 0.1) is 11.0 Å². The molecule has 0 bridgehead atoms. The van der Waals surface area contributed by atoms with E-state index in [0.717, 1.165) is 32.1 Å². The van der Waals surface area contributed by atoms with E-state index < -0.39 is 9.84 Å². The first kappa shape index (κ1) is 14.3. The van der Waals surface area contributed by atoms with Gasteiger partial charge in [0, 0.05) is 12.2 Å². The second-order valence-electron chi connectivity index (χ2n) is 5.06. The van der Waals surface area contributed by atoms with Gasteiger partial charge in [-0.1, -0.05) is 25.3 Å². The normalized spacial score (nSPS) is 17.3. The minimum absolute atomic E-state index is 0.119. The van der Waals surface area contributed by atoms with E-state index in [9.17, 15) is 12.8 Å². The Balaban J connectivity index is 1.84. The van der Waals surface area contributed by atoms with Gasteiger partial charge in [0.2, 0.25) is 0 Å². The van der Waals surface area contributed by atoms with E-state index in [1.165, 1.54) is 12.1 Å². The third kappa shape index (κ3) is 4.20. The van der Waals surface area contributed by atoms with Crippen LogP contribution in [0.4, 0.5) is 10.1 Å². The van der Waals surface area contributed by atoms with Crippen molar-refractivity contribution in [2.45, 2.75) is 37.4 Å². The first-order valence-corrected chi connectivity index (χ1v) is 8.50. The molecule has 0 aliphatic heterocycles. The smallest absolute Gasteiger partial charge is 0.154 e. The van der Waals surface area contributed by atoms with Gasteiger partial charge in [0.15, 0.2) is 9.84 Å². The number of anilines is 1. The van der Waals surface area contributed by atoms with Gasteiger partial charge in [-0.15, -0.1) is 0 Å². The number of nitrogens with one attached hydrogen (secondary N) is 1. The van der Waals surface area contributed by atoms with Crippen LogP contribution < -0.4 is 5.32 Å². The van der Waals surface area contributed by atoms with Crippen molar-refractivity contribution < 1.29 is 12.8 Å². The van der Waals surface area contributed by atoms with Gasteiger partial charge in [0.1, 0.15) is 5.82 Å². The van der Waals surface area contributed by atoms with Crippen LogP contribution in [0.15, 0.2) is 24.3 Å². The average Bonchev–Trinajstić information content (AvgIpc) is 2.40. The van der Waals surface area contributed by atoms with Crippen molar-refractivity contribution in [2.24, 2.45) is 0 Å². The van der Waals surface area contributed by atoms with Crippen molar-refractivity contribution in [3.63, 3.8) is 0 Å². The second-order valence-corrected chi connectivity index (χ2v) is 7.46. The summed E-state index contributed by atoms with van der Waals surface area (Å²) < 4.78 is 37.2. The first-order chi connectivity index (χ1) is 9.08. The van der Waals surface area contributed by atoms with Gasteiger partial charge >= 0.3 is 0 Å². The quantitative estimate of drug-likeness (QED) is 0.904. The Kier molecular flexibility index (Phi) is 4.80. The van der Waals surface area contributed by atoms with Crippen LogP contribution in [-0.4, -0.2) is 26.0 Å². The summed E-state index contributed by atoms with van der Waals surface area (Å²) in [4.78, 5) is 0. The fourth-order valence-electron chi connectivity index (χ4n) is 2.53. The van der Waals surface area contributed by atoms with Crippen molar-refractivity contribution in [3.8, 4) is 0 Å². The number of halogens is 1. The summed E-state index contributed by atoms with van der Waals surface area (Å²) in [6, 6.07) is 6.07. The molecule has 1 N–H and O–H groups in total. The molecule has 2 rings (SSSR count). The van der Waals surface area contributed by atoms with Crippen LogP contribution in [0.2, 0.25) is 0 Å². The van der Waals surface area contributed by atoms with Crippen LogP contribution in [0, 0.1) is 5.82 Å². The highest BCUT2D eigenvalue weighted by Gasteiger charge is 2.26. The molecule has 0 amide bonds. The Morgan fingerprint density at radius 3 is 2.63 bits per heavy atom. The van der Waals surface area contributed by atoms with Crippen LogP contribution in [0.25, 0.3) is 0 Å². The lowest BCUT2D eigenvalue weighted by Gasteiger charge is -2.21. The zero-order valence-electron chi connectivity index (χ0n) is 10.9. The molecule has 1 saturated carbocycles. The van der Waals surface area contributed by atoms with Crippen molar-refractivity contribution in [1.82, 2.24) is 0 Å². The molecule has 1 fully saturated rings. The lowest BCUT2D eigenvalue weighted by atomic mass is 10.0. The highest BCUT2D eigenvalue weighted by Crippen LogP contribution is 2.24. The van der Waals surface area contributed by atoms with Gasteiger partial charge in [-0.3, -0.25) is 0 Å². The molecule has 0 atom stereocenters. The van der Waals surface area contributed by atoms with E-state index >= 15 is 0 Å². The molecule has 0 aromatic heterocycles. The minimum Gasteiger partial charge on any atom is -0.384 e. The Hall–Kier alpha value is -1.10. The van der Waals surface area contributed by atoms with Gasteiger partial charge in [-0.2, -0.15) is 0 Å². The van der Waals surface area contributed by atoms with Crippen molar-refractivity contribution in [2.75, 3.05) is 17.6 Å². The van der Waals surface area contributed by atoms with Crippen LogP contribution in [0.5, 0.6) is 0 Å². The number of sulfone groups is 1. The minimum atomic E-state index is -3.02. The van der Waals surface area contributed by atoms with E-state index in [4.69, 9.17) is 0 Å². The lowest BCUT2D eigenvalue weighted by molar-refractivity contribution is 0.484. The zero-order chi connectivity index (χ0) is 13.7. The molecule has 0 saturated heterocycles. The van der Waals surface area contributed by atoms with Gasteiger partial charge < -0.3 is 5.32 Å². The standard InChI is InChI=1S/C14H20FNO2S/c15-12-5-4-6-13(11-12)16-9-10-19(17,18)14-7-2-1-3-8-14/h4-6,11,14,16H,1-3,7-10H2. The van der Waals surface area contributed by atoms with Crippen molar-refractivity contribution in [3.05, 3.63) is 30.1 Å². The van der Waals surface area contributed by atoms with Crippen LogP contribution in [0.3, 0.4) is 0 Å². The molecule has 106 valence electrons. The number of rotatable bonds is 5. The summed E-state index contributed by atoms with van der Waals surface area (Å²) in [6.45, 7) is 0.336. The summed E-state index contributed by atoms with van der Waals surface area (Å²) in [5.41, 5.74) is 0.624. The third-order valence-electron chi connectivity index (χ3n) is 3.60. The molecule has 3 nitrogen and oxygen atoms in total. The molecule has 0 heterocycles. The van der Waals surface area contributed by atoms with E-state index in [1.54, 1.807) is 12.1 Å². The van der Waals surface area contributed by atoms with E-state index in [0.29, 0.717) is 12.2 Å². The average molecular weight is 285 g/mol. The number of hydrogen-bond acceptors (Lipinski definition) is 3. The zero-order valence-corrected chi connectivity index (χ0v) is 11.8. The highest BCUT2D eigenvalue weighted by molar-refractivity contribution is 7.92. The second kappa shape index (κ2) is 6.37. The molecule has 1 aromatic rings. The summed E-state index contributed by atoms with van der Waals surface area (Å²) >= 11 is 0. The topological polar surface area (TPSA) is 46.2 Å². The van der Waals surface area contributed by atoms with Gasteiger partial charge in [-0.05, 0) is 31.0 Å². The van der Waals surface area contributed by atoms with Crippen molar-refractivity contribution in [1.29, 1.82) is 0 Å². The van der Waals surface area contributed by atoms with Crippen LogP contribution in [-0.2, 0) is 9.84 Å². The summed E-state index contributed by atoms with van der Waals surface area (Å²) in [5.74, 6) is -0.200. The van der Waals surface area contributed by atoms with E-state index in [1.807, 2.05) is 0 Å². The molecule has 0 radical (unpaired) electrons. The van der Waals surface area contributed by atoms with E-state index in [2.05, 4.69) is 5.32 Å². The molecule has 19 heavy (non-hydrogen) atoms. The first-order valence-electron chi connectivity index (χ1n) is 6.79. The predicted molar refractivity (Wildman–Crippen MR) is 75.5 cm³/mol. The summed E-state index contributed by atoms with van der Waals surface area (Å²) in [6.07, 6.45) is 4.76. The molecule has 1 aliphatic carbocycles. The Bertz CT molecular complexity index is 510. The fourth-order valence-corrected chi connectivity index (χ4v) is 4.30. The number of hydrogen-bond donors (Lipinski definition) is 1. The maximum Gasteiger partial charge on any atom is 0.154 e. The summed E-state index contributed by atoms with van der Waals surface area (Å²) in [5, 5.41) is 2.79. The molecule has 1 aromatic carbocycles. The van der Waals surface area contributed by atoms with Crippen LogP contribution >= 0.6 is 0 Å². The maximum atomic E-state index is 13.0. The highest BCUT2D eigenvalue weighted by atomic mass is 32.2. The summed E-state index contributed by atoms with van der Waals surface area (Å²) in [7, 11) is -3.02. The lowest BCUT2D eigenvalue weighted by Crippen LogP contribution is -2.29. The molecule has 0 spiro atoms. The molecular weight excluding hydrogens is 265 g/mol. The largest absolute Gasteiger partial charge is 0.384 e.